The Morgan fingerprint density at radius 2 is 2.00 bits per heavy atom. The van der Waals surface area contributed by atoms with Crippen molar-refractivity contribution in [1.82, 2.24) is 9.97 Å². The Morgan fingerprint density at radius 1 is 1.18 bits per heavy atom. The van der Waals surface area contributed by atoms with Gasteiger partial charge in [0.05, 0.1) is 10.9 Å². The molecule has 17 heavy (non-hydrogen) atoms. The Hall–Kier alpha value is -0.910. The lowest BCUT2D eigenvalue weighted by Crippen LogP contribution is -2.10. The maximum absolute atomic E-state index is 5.80. The Bertz CT molecular complexity index is 478. The summed E-state index contributed by atoms with van der Waals surface area (Å²) in [6, 6.07) is 9.73. The second-order valence-corrected chi connectivity index (χ2v) is 5.43. The number of nitrogens with zero attached hydrogens (tertiary/aromatic N) is 2. The van der Waals surface area contributed by atoms with Crippen LogP contribution in [0.1, 0.15) is 10.9 Å². The topological polar surface area (TPSA) is 51.8 Å². The molecule has 1 atom stereocenters. The molecule has 0 aliphatic heterocycles. The molecule has 0 radical (unpaired) electrons. The highest BCUT2D eigenvalue weighted by atomic mass is 79.9. The van der Waals surface area contributed by atoms with Crippen LogP contribution in [0.25, 0.3) is 0 Å². The maximum Gasteiger partial charge on any atom is 0.111 e. The number of hydrogen-bond donors (Lipinski definition) is 1. The zero-order chi connectivity index (χ0) is 12.1. The predicted octanol–water partition coefficient (Wildman–Crippen LogP) is 3.03. The van der Waals surface area contributed by atoms with Crippen molar-refractivity contribution in [3.8, 4) is 0 Å². The van der Waals surface area contributed by atoms with E-state index in [-0.39, 0.29) is 5.25 Å². The SMILES string of the molecule is NCC(Sc1ncccc1Br)c1ccccn1. The third kappa shape index (κ3) is 3.28. The summed E-state index contributed by atoms with van der Waals surface area (Å²) in [4.78, 5) is 8.66. The molecule has 2 aromatic heterocycles. The Morgan fingerprint density at radius 3 is 2.65 bits per heavy atom. The van der Waals surface area contributed by atoms with E-state index in [1.54, 1.807) is 24.2 Å². The molecule has 0 saturated carbocycles. The zero-order valence-corrected chi connectivity index (χ0v) is 11.5. The van der Waals surface area contributed by atoms with Gasteiger partial charge in [-0.05, 0) is 40.2 Å². The molecular weight excluding hydrogens is 298 g/mol. The molecule has 88 valence electrons. The Kier molecular flexibility index (Phi) is 4.53. The summed E-state index contributed by atoms with van der Waals surface area (Å²) < 4.78 is 0.986. The molecule has 0 bridgehead atoms. The summed E-state index contributed by atoms with van der Waals surface area (Å²) in [6.45, 7) is 0.532. The first-order valence-corrected chi connectivity index (χ1v) is 6.86. The van der Waals surface area contributed by atoms with Crippen LogP contribution in [0.3, 0.4) is 0 Å². The van der Waals surface area contributed by atoms with E-state index in [1.165, 1.54) is 0 Å². The second-order valence-electron chi connectivity index (χ2n) is 3.39. The first kappa shape index (κ1) is 12.5. The van der Waals surface area contributed by atoms with Crippen LogP contribution in [0.4, 0.5) is 0 Å². The van der Waals surface area contributed by atoms with Crippen molar-refractivity contribution in [3.05, 3.63) is 52.9 Å². The predicted molar refractivity (Wildman–Crippen MR) is 73.8 cm³/mol. The van der Waals surface area contributed by atoms with Gasteiger partial charge in [-0.15, -0.1) is 0 Å². The van der Waals surface area contributed by atoms with E-state index in [1.807, 2.05) is 30.3 Å². The fourth-order valence-corrected chi connectivity index (χ4v) is 2.85. The van der Waals surface area contributed by atoms with Crippen molar-refractivity contribution in [2.75, 3.05) is 6.54 Å². The number of thioether (sulfide) groups is 1. The van der Waals surface area contributed by atoms with E-state index in [0.717, 1.165) is 15.2 Å². The molecule has 2 aromatic rings. The molecule has 0 amide bonds. The van der Waals surface area contributed by atoms with Gasteiger partial charge in [-0.2, -0.15) is 0 Å². The van der Waals surface area contributed by atoms with Gasteiger partial charge in [-0.25, -0.2) is 4.98 Å². The first-order chi connectivity index (χ1) is 8.31. The van der Waals surface area contributed by atoms with Crippen molar-refractivity contribution < 1.29 is 0 Å². The molecule has 3 nitrogen and oxygen atoms in total. The molecular formula is C12H12BrN3S. The molecule has 2 rings (SSSR count). The minimum atomic E-state index is 0.127. The van der Waals surface area contributed by atoms with Crippen molar-refractivity contribution in [2.45, 2.75) is 10.3 Å². The third-order valence-electron chi connectivity index (χ3n) is 2.21. The highest BCUT2D eigenvalue weighted by Crippen LogP contribution is 2.35. The largest absolute Gasteiger partial charge is 0.329 e. The van der Waals surface area contributed by atoms with Crippen molar-refractivity contribution in [2.24, 2.45) is 5.73 Å². The summed E-state index contributed by atoms with van der Waals surface area (Å²) in [5.74, 6) is 0. The van der Waals surface area contributed by atoms with Gasteiger partial charge in [0.25, 0.3) is 0 Å². The van der Waals surface area contributed by atoms with Crippen LogP contribution >= 0.6 is 27.7 Å². The summed E-state index contributed by atoms with van der Waals surface area (Å²) in [7, 11) is 0. The summed E-state index contributed by atoms with van der Waals surface area (Å²) >= 11 is 5.10. The zero-order valence-electron chi connectivity index (χ0n) is 9.08. The molecule has 2 N–H and O–H groups in total. The Labute approximate surface area is 113 Å². The van der Waals surface area contributed by atoms with Crippen LogP contribution in [-0.4, -0.2) is 16.5 Å². The van der Waals surface area contributed by atoms with E-state index >= 15 is 0 Å². The minimum absolute atomic E-state index is 0.127. The van der Waals surface area contributed by atoms with Crippen LogP contribution in [-0.2, 0) is 0 Å². The van der Waals surface area contributed by atoms with Gasteiger partial charge in [0.2, 0.25) is 0 Å². The lowest BCUT2D eigenvalue weighted by Gasteiger charge is -2.13. The second kappa shape index (κ2) is 6.14. The number of halogens is 1. The summed E-state index contributed by atoms with van der Waals surface area (Å²) in [6.07, 6.45) is 3.56. The number of hydrogen-bond acceptors (Lipinski definition) is 4. The highest BCUT2D eigenvalue weighted by Gasteiger charge is 2.14. The highest BCUT2D eigenvalue weighted by molar-refractivity contribution is 9.10. The fourth-order valence-electron chi connectivity index (χ4n) is 1.39. The average Bonchev–Trinajstić information content (AvgIpc) is 2.39. The average molecular weight is 310 g/mol. The van der Waals surface area contributed by atoms with Crippen molar-refractivity contribution in [3.63, 3.8) is 0 Å². The van der Waals surface area contributed by atoms with Gasteiger partial charge < -0.3 is 5.73 Å². The van der Waals surface area contributed by atoms with E-state index < -0.39 is 0 Å². The lowest BCUT2D eigenvalue weighted by molar-refractivity contribution is 0.893. The van der Waals surface area contributed by atoms with Gasteiger partial charge in [-0.1, -0.05) is 17.8 Å². The molecule has 0 aliphatic rings. The number of pyridine rings is 2. The van der Waals surface area contributed by atoms with Crippen LogP contribution in [0.5, 0.6) is 0 Å². The molecule has 0 aromatic carbocycles. The van der Waals surface area contributed by atoms with Gasteiger partial charge in [-0.3, -0.25) is 4.98 Å². The lowest BCUT2D eigenvalue weighted by atomic mass is 10.3. The Balaban J connectivity index is 2.19. The van der Waals surface area contributed by atoms with Crippen LogP contribution in [0, 0.1) is 0 Å². The molecule has 5 heteroatoms. The van der Waals surface area contributed by atoms with Gasteiger partial charge in [0.1, 0.15) is 5.03 Å². The molecule has 0 spiro atoms. The normalized spacial score (nSPS) is 12.4. The number of nitrogens with two attached hydrogens (primary N) is 1. The smallest absolute Gasteiger partial charge is 0.111 e. The monoisotopic (exact) mass is 309 g/mol. The molecule has 1 unspecified atom stereocenters. The standard InChI is InChI=1S/C12H12BrN3S/c13-9-4-3-7-16-12(9)17-11(8-14)10-5-1-2-6-15-10/h1-7,11H,8,14H2. The van der Waals surface area contributed by atoms with E-state index in [4.69, 9.17) is 5.73 Å². The molecule has 0 aliphatic carbocycles. The van der Waals surface area contributed by atoms with E-state index in [2.05, 4.69) is 25.9 Å². The summed E-state index contributed by atoms with van der Waals surface area (Å²) in [5, 5.41) is 1.07. The quantitative estimate of drug-likeness (QED) is 0.882. The number of aromatic nitrogens is 2. The molecule has 0 fully saturated rings. The van der Waals surface area contributed by atoms with Gasteiger partial charge in [0, 0.05) is 23.4 Å². The van der Waals surface area contributed by atoms with Crippen molar-refractivity contribution in [1.29, 1.82) is 0 Å². The minimum Gasteiger partial charge on any atom is -0.329 e. The number of rotatable bonds is 4. The van der Waals surface area contributed by atoms with Crippen LogP contribution < -0.4 is 5.73 Å². The first-order valence-electron chi connectivity index (χ1n) is 5.19. The summed E-state index contributed by atoms with van der Waals surface area (Å²) in [5.41, 5.74) is 6.78. The van der Waals surface area contributed by atoms with Gasteiger partial charge >= 0.3 is 0 Å². The third-order valence-corrected chi connectivity index (χ3v) is 4.38. The molecule has 2 heterocycles. The van der Waals surface area contributed by atoms with E-state index in [9.17, 15) is 0 Å². The van der Waals surface area contributed by atoms with Gasteiger partial charge in [0.15, 0.2) is 0 Å². The van der Waals surface area contributed by atoms with Crippen LogP contribution in [0.2, 0.25) is 0 Å². The fraction of sp³-hybridized carbons (Fsp3) is 0.167. The van der Waals surface area contributed by atoms with Crippen molar-refractivity contribution >= 4 is 27.7 Å². The maximum atomic E-state index is 5.80. The molecule has 0 saturated heterocycles. The van der Waals surface area contributed by atoms with Crippen LogP contribution in [0.15, 0.2) is 52.2 Å². The van der Waals surface area contributed by atoms with E-state index in [0.29, 0.717) is 6.54 Å².